The molecule has 2 heterocycles. The van der Waals surface area contributed by atoms with Gasteiger partial charge in [-0.15, -0.1) is 0 Å². The molecule has 2 aliphatic heterocycles. The number of fused-ring (bicyclic) bond motifs is 1. The molecule has 0 aliphatic carbocycles. The third-order valence-corrected chi connectivity index (χ3v) is 5.56. The van der Waals surface area contributed by atoms with Gasteiger partial charge >= 0.3 is 6.18 Å². The molecule has 4 rings (SSSR count). The molecule has 0 amide bonds. The van der Waals surface area contributed by atoms with Crippen molar-refractivity contribution in [2.75, 3.05) is 57.4 Å². The van der Waals surface area contributed by atoms with E-state index in [1.54, 1.807) is 6.07 Å². The summed E-state index contributed by atoms with van der Waals surface area (Å²) in [5.74, 6) is 1.40. The van der Waals surface area contributed by atoms with Gasteiger partial charge in [0.1, 0.15) is 6.61 Å². The summed E-state index contributed by atoms with van der Waals surface area (Å²) in [5, 5.41) is 10.3. The first kappa shape index (κ1) is 22.7. The average Bonchev–Trinajstić information content (AvgIpc) is 2.79. The van der Waals surface area contributed by atoms with Crippen molar-refractivity contribution in [3.63, 3.8) is 0 Å². The van der Waals surface area contributed by atoms with E-state index >= 15 is 0 Å². The predicted molar refractivity (Wildman–Crippen MR) is 113 cm³/mol. The van der Waals surface area contributed by atoms with Crippen molar-refractivity contribution >= 4 is 5.69 Å². The van der Waals surface area contributed by atoms with Crippen LogP contribution in [0.15, 0.2) is 48.5 Å². The number of anilines is 1. The number of benzene rings is 2. The molecule has 0 unspecified atom stereocenters. The molecule has 9 heteroatoms. The van der Waals surface area contributed by atoms with Gasteiger partial charge < -0.3 is 24.2 Å². The van der Waals surface area contributed by atoms with Crippen LogP contribution in [-0.4, -0.2) is 74.8 Å². The van der Waals surface area contributed by atoms with Crippen LogP contribution in [-0.2, 0) is 10.9 Å². The van der Waals surface area contributed by atoms with E-state index in [1.165, 1.54) is 12.1 Å². The summed E-state index contributed by atoms with van der Waals surface area (Å²) in [4.78, 5) is 4.03. The van der Waals surface area contributed by atoms with Crippen LogP contribution in [0.1, 0.15) is 5.56 Å². The molecule has 6 nitrogen and oxygen atoms in total. The van der Waals surface area contributed by atoms with Crippen LogP contribution < -0.4 is 14.4 Å². The lowest BCUT2D eigenvalue weighted by Crippen LogP contribution is -2.49. The Balaban J connectivity index is 1.16. The SMILES string of the molecule is O[C@@H](COC[C@H]1COc2ccccc2O1)CN1CCN(c2cccc(C(F)(F)F)c2)CC1. The number of alkyl halides is 3. The Labute approximate surface area is 185 Å². The molecule has 0 radical (unpaired) electrons. The minimum atomic E-state index is -4.35. The maximum atomic E-state index is 12.9. The second-order valence-corrected chi connectivity index (χ2v) is 8.02. The largest absolute Gasteiger partial charge is 0.486 e. The molecule has 2 atom stereocenters. The lowest BCUT2D eigenvalue weighted by atomic mass is 10.1. The molecule has 174 valence electrons. The normalized spacial score (nSPS) is 20.2. The number of β-amino-alcohol motifs (C(OH)–C–C–N with tert-alkyl or cyclic N) is 1. The van der Waals surface area contributed by atoms with Crippen LogP contribution in [0.2, 0.25) is 0 Å². The minimum absolute atomic E-state index is 0.176. The number of halogens is 3. The number of ether oxygens (including phenoxy) is 3. The Morgan fingerprint density at radius 2 is 1.78 bits per heavy atom. The van der Waals surface area contributed by atoms with Gasteiger partial charge in [-0.05, 0) is 30.3 Å². The Morgan fingerprint density at radius 1 is 1.03 bits per heavy atom. The highest BCUT2D eigenvalue weighted by molar-refractivity contribution is 5.49. The second kappa shape index (κ2) is 9.97. The smallest absolute Gasteiger partial charge is 0.416 e. The fraction of sp³-hybridized carbons (Fsp3) is 0.478. The Hall–Kier alpha value is -2.49. The number of piperazine rings is 1. The molecule has 32 heavy (non-hydrogen) atoms. The van der Waals surface area contributed by atoms with Gasteiger partial charge in [-0.2, -0.15) is 13.2 Å². The van der Waals surface area contributed by atoms with E-state index in [4.69, 9.17) is 14.2 Å². The zero-order chi connectivity index (χ0) is 22.6. The van der Waals surface area contributed by atoms with Gasteiger partial charge in [-0.25, -0.2) is 0 Å². The highest BCUT2D eigenvalue weighted by Gasteiger charge is 2.31. The number of nitrogens with zero attached hydrogens (tertiary/aromatic N) is 2. The van der Waals surface area contributed by atoms with E-state index in [2.05, 4.69) is 4.90 Å². The molecule has 2 aromatic carbocycles. The number of rotatable bonds is 7. The lowest BCUT2D eigenvalue weighted by molar-refractivity contribution is -0.137. The van der Waals surface area contributed by atoms with Gasteiger partial charge in [0.15, 0.2) is 17.6 Å². The number of hydrogen-bond donors (Lipinski definition) is 1. The van der Waals surface area contributed by atoms with Crippen molar-refractivity contribution in [1.29, 1.82) is 0 Å². The number of aliphatic hydroxyl groups excluding tert-OH is 1. The summed E-state index contributed by atoms with van der Waals surface area (Å²) in [5.41, 5.74) is -0.0690. The Bertz CT molecular complexity index is 888. The molecular weight excluding hydrogens is 425 g/mol. The molecule has 0 aromatic heterocycles. The molecule has 1 saturated heterocycles. The first-order chi connectivity index (χ1) is 15.4. The topological polar surface area (TPSA) is 54.4 Å². The van der Waals surface area contributed by atoms with Crippen molar-refractivity contribution in [3.8, 4) is 11.5 Å². The van der Waals surface area contributed by atoms with Crippen molar-refractivity contribution in [2.24, 2.45) is 0 Å². The highest BCUT2D eigenvalue weighted by Crippen LogP contribution is 2.32. The summed E-state index contributed by atoms with van der Waals surface area (Å²) in [6, 6.07) is 12.9. The second-order valence-electron chi connectivity index (χ2n) is 8.02. The zero-order valence-corrected chi connectivity index (χ0v) is 17.6. The summed E-state index contributed by atoms with van der Waals surface area (Å²) < 4.78 is 55.9. The van der Waals surface area contributed by atoms with Gasteiger partial charge in [0, 0.05) is 38.4 Å². The fourth-order valence-corrected chi connectivity index (χ4v) is 3.90. The van der Waals surface area contributed by atoms with Gasteiger partial charge in [0.05, 0.1) is 24.9 Å². The lowest BCUT2D eigenvalue weighted by Gasteiger charge is -2.37. The van der Waals surface area contributed by atoms with E-state index in [0.717, 1.165) is 6.07 Å². The third kappa shape index (κ3) is 5.85. The van der Waals surface area contributed by atoms with E-state index in [-0.39, 0.29) is 12.7 Å². The monoisotopic (exact) mass is 452 g/mol. The van der Waals surface area contributed by atoms with Gasteiger partial charge in [-0.1, -0.05) is 18.2 Å². The van der Waals surface area contributed by atoms with Crippen LogP contribution >= 0.6 is 0 Å². The average molecular weight is 452 g/mol. The Morgan fingerprint density at radius 3 is 2.53 bits per heavy atom. The van der Waals surface area contributed by atoms with Gasteiger partial charge in [0.25, 0.3) is 0 Å². The first-order valence-corrected chi connectivity index (χ1v) is 10.7. The molecule has 0 saturated carbocycles. The number of aliphatic hydroxyl groups is 1. The van der Waals surface area contributed by atoms with Crippen molar-refractivity contribution in [3.05, 3.63) is 54.1 Å². The first-order valence-electron chi connectivity index (χ1n) is 10.7. The zero-order valence-electron chi connectivity index (χ0n) is 17.6. The molecule has 1 fully saturated rings. The van der Waals surface area contributed by atoms with E-state index < -0.39 is 17.8 Å². The summed E-state index contributed by atoms with van der Waals surface area (Å²) in [7, 11) is 0. The van der Waals surface area contributed by atoms with Gasteiger partial charge in [0.2, 0.25) is 0 Å². The molecule has 2 aliphatic rings. The summed E-state index contributed by atoms with van der Waals surface area (Å²) in [6.45, 7) is 3.84. The number of para-hydroxylation sites is 2. The van der Waals surface area contributed by atoms with Crippen LogP contribution in [0.4, 0.5) is 18.9 Å². The maximum Gasteiger partial charge on any atom is 0.416 e. The molecule has 2 aromatic rings. The van der Waals surface area contributed by atoms with E-state index in [0.29, 0.717) is 63.1 Å². The van der Waals surface area contributed by atoms with Crippen LogP contribution in [0, 0.1) is 0 Å². The fourth-order valence-electron chi connectivity index (χ4n) is 3.90. The highest BCUT2D eigenvalue weighted by atomic mass is 19.4. The Kier molecular flexibility index (Phi) is 7.07. The number of hydrogen-bond acceptors (Lipinski definition) is 6. The van der Waals surface area contributed by atoms with Crippen LogP contribution in [0.5, 0.6) is 11.5 Å². The maximum absolute atomic E-state index is 12.9. The van der Waals surface area contributed by atoms with Crippen molar-refractivity contribution in [1.82, 2.24) is 4.90 Å². The van der Waals surface area contributed by atoms with Crippen molar-refractivity contribution < 1.29 is 32.5 Å². The van der Waals surface area contributed by atoms with Crippen LogP contribution in [0.25, 0.3) is 0 Å². The third-order valence-electron chi connectivity index (χ3n) is 5.56. The summed E-state index contributed by atoms with van der Waals surface area (Å²) >= 11 is 0. The molecule has 0 spiro atoms. The standard InChI is InChI=1S/C23H27F3N2O4/c24-23(25,26)17-4-3-5-18(12-17)28-10-8-27(9-11-28)13-19(29)14-30-15-20-16-31-21-6-1-2-7-22(21)32-20/h1-7,12,19-20,29H,8-11,13-16H2/t19-,20+/m1/s1. The molecular formula is C23H27F3N2O4. The van der Waals surface area contributed by atoms with E-state index in [9.17, 15) is 18.3 Å². The van der Waals surface area contributed by atoms with Crippen molar-refractivity contribution in [2.45, 2.75) is 18.4 Å². The summed E-state index contributed by atoms with van der Waals surface area (Å²) in [6.07, 6.45) is -5.24. The minimum Gasteiger partial charge on any atom is -0.486 e. The molecule has 1 N–H and O–H groups in total. The van der Waals surface area contributed by atoms with Crippen LogP contribution in [0.3, 0.4) is 0 Å². The molecule has 0 bridgehead atoms. The quantitative estimate of drug-likeness (QED) is 0.697. The predicted octanol–water partition coefficient (Wildman–Crippen LogP) is 3.04. The van der Waals surface area contributed by atoms with Gasteiger partial charge in [-0.3, -0.25) is 4.90 Å². The van der Waals surface area contributed by atoms with E-state index in [1.807, 2.05) is 29.2 Å².